The first-order chi connectivity index (χ1) is 10.7. The van der Waals surface area contributed by atoms with E-state index in [-0.39, 0.29) is 24.4 Å². The van der Waals surface area contributed by atoms with Crippen molar-refractivity contribution in [3.8, 4) is 0 Å². The lowest BCUT2D eigenvalue weighted by molar-refractivity contribution is 0.354. The molecule has 2 saturated heterocycles. The van der Waals surface area contributed by atoms with Crippen LogP contribution in [-0.4, -0.2) is 39.5 Å². The zero-order valence-corrected chi connectivity index (χ0v) is 12.1. The van der Waals surface area contributed by atoms with Crippen LogP contribution < -0.4 is 11.4 Å². The van der Waals surface area contributed by atoms with E-state index < -0.39 is 5.69 Å². The predicted octanol–water partition coefficient (Wildman–Crippen LogP) is -0.0640. The molecule has 1 aromatic heterocycles. The average molecular weight is 303 g/mol. The molecule has 2 fully saturated rings. The van der Waals surface area contributed by atoms with Gasteiger partial charge >= 0.3 is 11.4 Å². The Morgan fingerprint density at radius 1 is 1.09 bits per heavy atom. The molecule has 0 bridgehead atoms. The van der Waals surface area contributed by atoms with Crippen molar-refractivity contribution in [3.05, 3.63) is 45.0 Å². The monoisotopic (exact) mass is 303 g/mol. The van der Waals surface area contributed by atoms with Crippen LogP contribution >= 0.6 is 0 Å². The number of ether oxygens (including phenoxy) is 2. The third-order valence-electron chi connectivity index (χ3n) is 3.98. The zero-order chi connectivity index (χ0) is 15.1. The van der Waals surface area contributed by atoms with Gasteiger partial charge in [-0.25, -0.2) is 14.2 Å². The first-order valence-corrected chi connectivity index (χ1v) is 7.54. The molecule has 2 unspecified atom stereocenters. The summed E-state index contributed by atoms with van der Waals surface area (Å²) in [5.41, 5.74) is -0.0138. The summed E-state index contributed by atoms with van der Waals surface area (Å²) in [5.74, 6) is 0.439. The van der Waals surface area contributed by atoms with Crippen molar-refractivity contribution in [1.29, 1.82) is 0 Å². The first kappa shape index (κ1) is 13.7. The van der Waals surface area contributed by atoms with Gasteiger partial charge in [0.15, 0.2) is 0 Å². The third kappa shape index (κ3) is 2.69. The Balaban J connectivity index is 1.81. The van der Waals surface area contributed by atoms with Gasteiger partial charge in [-0.15, -0.1) is 0 Å². The summed E-state index contributed by atoms with van der Waals surface area (Å²) in [7, 11) is 0. The van der Waals surface area contributed by atoms with Crippen molar-refractivity contribution in [2.75, 3.05) is 13.2 Å². The standard InChI is InChI=1S/C15H17N3O4/c19-14-16-13(10-4-2-1-3-5-10)17(6-11-8-21-11)15(20)18(14)7-12-9-22-12/h2,4-5,11-12H,1,3,6-9H2. The summed E-state index contributed by atoms with van der Waals surface area (Å²) >= 11 is 0. The molecule has 0 amide bonds. The normalized spacial score (nSPS) is 25.9. The highest BCUT2D eigenvalue weighted by Crippen LogP contribution is 2.20. The van der Waals surface area contributed by atoms with Gasteiger partial charge < -0.3 is 9.47 Å². The molecule has 0 N–H and O–H groups in total. The zero-order valence-electron chi connectivity index (χ0n) is 12.1. The predicted molar refractivity (Wildman–Crippen MR) is 78.6 cm³/mol. The van der Waals surface area contributed by atoms with E-state index in [1.165, 1.54) is 0 Å². The molecule has 4 rings (SSSR count). The van der Waals surface area contributed by atoms with E-state index in [2.05, 4.69) is 4.98 Å². The van der Waals surface area contributed by atoms with Crippen LogP contribution in [0.15, 0.2) is 27.8 Å². The van der Waals surface area contributed by atoms with Gasteiger partial charge in [-0.05, 0) is 12.8 Å². The molecule has 2 atom stereocenters. The lowest BCUT2D eigenvalue weighted by Gasteiger charge is -2.15. The maximum absolute atomic E-state index is 12.7. The van der Waals surface area contributed by atoms with Gasteiger partial charge in [0.05, 0.1) is 38.5 Å². The fraction of sp³-hybridized carbons (Fsp3) is 0.533. The molecule has 7 nitrogen and oxygen atoms in total. The molecule has 0 aromatic carbocycles. The van der Waals surface area contributed by atoms with Crippen LogP contribution in [0.4, 0.5) is 0 Å². The number of nitrogens with zero attached hydrogens (tertiary/aromatic N) is 3. The maximum atomic E-state index is 12.7. The highest BCUT2D eigenvalue weighted by molar-refractivity contribution is 5.70. The lowest BCUT2D eigenvalue weighted by Crippen LogP contribution is -2.44. The largest absolute Gasteiger partial charge is 0.371 e. The molecule has 0 saturated carbocycles. The fourth-order valence-corrected chi connectivity index (χ4v) is 2.60. The van der Waals surface area contributed by atoms with Gasteiger partial charge in [0.25, 0.3) is 0 Å². The Morgan fingerprint density at radius 3 is 2.36 bits per heavy atom. The van der Waals surface area contributed by atoms with Crippen LogP contribution in [0, 0.1) is 0 Å². The van der Waals surface area contributed by atoms with Crippen molar-refractivity contribution in [1.82, 2.24) is 14.1 Å². The second-order valence-corrected chi connectivity index (χ2v) is 5.77. The summed E-state index contributed by atoms with van der Waals surface area (Å²) in [5, 5.41) is 0. The highest BCUT2D eigenvalue weighted by atomic mass is 16.6. The van der Waals surface area contributed by atoms with E-state index in [4.69, 9.17) is 9.47 Å². The lowest BCUT2D eigenvalue weighted by atomic mass is 10.1. The molecule has 2 aliphatic heterocycles. The van der Waals surface area contributed by atoms with Gasteiger partial charge in [0.1, 0.15) is 5.82 Å². The Kier molecular flexibility index (Phi) is 3.31. The summed E-state index contributed by atoms with van der Waals surface area (Å²) in [6, 6.07) is 0. The molecule has 0 spiro atoms. The summed E-state index contributed by atoms with van der Waals surface area (Å²) in [4.78, 5) is 29.1. The second kappa shape index (κ2) is 5.33. The van der Waals surface area contributed by atoms with Crippen molar-refractivity contribution >= 4 is 5.57 Å². The Morgan fingerprint density at radius 2 is 1.77 bits per heavy atom. The number of aromatic nitrogens is 3. The quantitative estimate of drug-likeness (QED) is 0.712. The topological polar surface area (TPSA) is 82.0 Å². The highest BCUT2D eigenvalue weighted by Gasteiger charge is 2.29. The van der Waals surface area contributed by atoms with Crippen LogP contribution in [-0.2, 0) is 22.6 Å². The molecule has 3 aliphatic rings. The van der Waals surface area contributed by atoms with Gasteiger partial charge in [-0.1, -0.05) is 18.2 Å². The van der Waals surface area contributed by atoms with E-state index in [0.717, 1.165) is 23.0 Å². The van der Waals surface area contributed by atoms with Crippen LogP contribution in [0.1, 0.15) is 18.7 Å². The molecule has 1 aliphatic carbocycles. The summed E-state index contributed by atoms with van der Waals surface area (Å²) in [6.45, 7) is 1.93. The number of hydrogen-bond acceptors (Lipinski definition) is 5. The van der Waals surface area contributed by atoms with Crippen molar-refractivity contribution < 1.29 is 9.47 Å². The third-order valence-corrected chi connectivity index (χ3v) is 3.98. The SMILES string of the molecule is O=c1nc(C2=CCCC=C2)n(CC2CO2)c(=O)n1CC1CO1. The minimum absolute atomic E-state index is 0.0366. The molecule has 7 heteroatoms. The number of rotatable bonds is 5. The van der Waals surface area contributed by atoms with Gasteiger partial charge in [-0.3, -0.25) is 4.57 Å². The van der Waals surface area contributed by atoms with Crippen molar-refractivity contribution in [3.63, 3.8) is 0 Å². The van der Waals surface area contributed by atoms with E-state index >= 15 is 0 Å². The number of epoxide rings is 2. The maximum Gasteiger partial charge on any atom is 0.353 e. The number of hydrogen-bond donors (Lipinski definition) is 0. The van der Waals surface area contributed by atoms with E-state index in [0.29, 0.717) is 25.6 Å². The molecule has 0 radical (unpaired) electrons. The Bertz CT molecular complexity index is 766. The van der Waals surface area contributed by atoms with E-state index in [1.54, 1.807) is 4.57 Å². The smallest absolute Gasteiger partial charge is 0.353 e. The van der Waals surface area contributed by atoms with Gasteiger partial charge in [0.2, 0.25) is 0 Å². The molecule has 22 heavy (non-hydrogen) atoms. The summed E-state index contributed by atoms with van der Waals surface area (Å²) < 4.78 is 13.1. The Hall–Kier alpha value is -1.99. The van der Waals surface area contributed by atoms with E-state index in [9.17, 15) is 9.59 Å². The first-order valence-electron chi connectivity index (χ1n) is 7.54. The Labute approximate surface area is 126 Å². The molecular formula is C15H17N3O4. The van der Waals surface area contributed by atoms with Crippen LogP contribution in [0.25, 0.3) is 5.57 Å². The fourth-order valence-electron chi connectivity index (χ4n) is 2.60. The molecule has 1 aromatic rings. The van der Waals surface area contributed by atoms with Crippen LogP contribution in [0.3, 0.4) is 0 Å². The average Bonchev–Trinajstić information content (AvgIpc) is 3.42. The van der Waals surface area contributed by atoms with Gasteiger partial charge in [-0.2, -0.15) is 4.98 Å². The second-order valence-electron chi connectivity index (χ2n) is 5.77. The van der Waals surface area contributed by atoms with Crippen molar-refractivity contribution in [2.45, 2.75) is 38.1 Å². The minimum Gasteiger partial charge on any atom is -0.371 e. The number of allylic oxidation sites excluding steroid dienone is 4. The molecular weight excluding hydrogens is 286 g/mol. The molecule has 3 heterocycles. The van der Waals surface area contributed by atoms with E-state index in [1.807, 2.05) is 18.2 Å². The van der Waals surface area contributed by atoms with Crippen molar-refractivity contribution in [2.24, 2.45) is 0 Å². The van der Waals surface area contributed by atoms with Crippen LogP contribution in [0.5, 0.6) is 0 Å². The van der Waals surface area contributed by atoms with Crippen LogP contribution in [0.2, 0.25) is 0 Å². The minimum atomic E-state index is -0.511. The molecule has 116 valence electrons. The summed E-state index contributed by atoms with van der Waals surface area (Å²) in [6.07, 6.45) is 7.81. The van der Waals surface area contributed by atoms with Gasteiger partial charge in [0, 0.05) is 5.57 Å².